The summed E-state index contributed by atoms with van der Waals surface area (Å²) < 4.78 is 0. The third-order valence-corrected chi connectivity index (χ3v) is 6.79. The highest BCUT2D eigenvalue weighted by molar-refractivity contribution is 5.97. The molecule has 0 saturated carbocycles. The molecule has 2 heterocycles. The zero-order valence-electron chi connectivity index (χ0n) is 16.7. The van der Waals surface area contributed by atoms with Gasteiger partial charge in [0.05, 0.1) is 17.4 Å². The molecule has 6 rings (SSSR count). The number of fused-ring (bicyclic) bond motifs is 4. The molecule has 1 N–H and O–H groups in total. The smallest absolute Gasteiger partial charge is 0.254 e. The molecule has 1 saturated heterocycles. The first-order valence-corrected chi connectivity index (χ1v) is 10.7. The number of H-pyrrole nitrogens is 1. The van der Waals surface area contributed by atoms with E-state index < -0.39 is 0 Å². The van der Waals surface area contributed by atoms with Gasteiger partial charge in [0.2, 0.25) is 0 Å². The van der Waals surface area contributed by atoms with Gasteiger partial charge in [-0.1, -0.05) is 48.5 Å². The average Bonchev–Trinajstić information content (AvgIpc) is 3.42. The molecule has 3 aromatic carbocycles. The number of carbonyl (C=O) groups is 1. The van der Waals surface area contributed by atoms with Gasteiger partial charge in [0.1, 0.15) is 0 Å². The Labute approximate surface area is 175 Å². The predicted octanol–water partition coefficient (Wildman–Crippen LogP) is 5.17. The minimum Gasteiger partial charge on any atom is -0.345 e. The maximum atomic E-state index is 13.4. The van der Waals surface area contributed by atoms with Crippen LogP contribution in [-0.2, 0) is 6.42 Å². The normalized spacial score (nSPS) is 20.2. The Bertz CT molecular complexity index is 1240. The van der Waals surface area contributed by atoms with Crippen LogP contribution in [0.2, 0.25) is 0 Å². The van der Waals surface area contributed by atoms with Crippen LogP contribution in [0.4, 0.5) is 0 Å². The number of carbonyl (C=O) groups excluding carboxylic acids is 1. The minimum atomic E-state index is 0.130. The first-order valence-electron chi connectivity index (χ1n) is 10.7. The van der Waals surface area contributed by atoms with Crippen LogP contribution in [0.1, 0.15) is 40.2 Å². The number of nitrogens with one attached hydrogen (secondary N) is 1. The molecule has 4 heteroatoms. The van der Waals surface area contributed by atoms with Gasteiger partial charge >= 0.3 is 0 Å². The number of aromatic amines is 1. The summed E-state index contributed by atoms with van der Waals surface area (Å²) in [6.45, 7) is 0.831. The van der Waals surface area contributed by atoms with Gasteiger partial charge in [-0.05, 0) is 59.7 Å². The largest absolute Gasteiger partial charge is 0.345 e. The van der Waals surface area contributed by atoms with Crippen molar-refractivity contribution in [2.24, 2.45) is 0 Å². The number of amides is 1. The molecular weight excluding hydrogens is 370 g/mol. The molecule has 1 aliphatic carbocycles. The van der Waals surface area contributed by atoms with E-state index in [4.69, 9.17) is 0 Å². The first-order chi connectivity index (χ1) is 14.8. The van der Waals surface area contributed by atoms with E-state index in [9.17, 15) is 4.79 Å². The summed E-state index contributed by atoms with van der Waals surface area (Å²) in [6.07, 6.45) is 4.82. The number of benzene rings is 3. The van der Waals surface area contributed by atoms with E-state index in [0.29, 0.717) is 5.92 Å². The Morgan fingerprint density at radius 3 is 2.80 bits per heavy atom. The van der Waals surface area contributed by atoms with Crippen molar-refractivity contribution >= 4 is 16.9 Å². The highest BCUT2D eigenvalue weighted by atomic mass is 16.2. The van der Waals surface area contributed by atoms with Gasteiger partial charge in [0.15, 0.2) is 0 Å². The summed E-state index contributed by atoms with van der Waals surface area (Å²) in [5, 5.41) is 0. The molecule has 0 bridgehead atoms. The van der Waals surface area contributed by atoms with E-state index in [1.165, 1.54) is 22.3 Å². The number of aromatic nitrogens is 2. The fourth-order valence-corrected chi connectivity index (χ4v) is 5.32. The lowest BCUT2D eigenvalue weighted by Gasteiger charge is -2.38. The second-order valence-electron chi connectivity index (χ2n) is 8.43. The predicted molar refractivity (Wildman–Crippen MR) is 118 cm³/mol. The number of hydrogen-bond donors (Lipinski definition) is 1. The summed E-state index contributed by atoms with van der Waals surface area (Å²) in [4.78, 5) is 23.0. The van der Waals surface area contributed by atoms with Gasteiger partial charge in [0.25, 0.3) is 5.91 Å². The summed E-state index contributed by atoms with van der Waals surface area (Å²) in [5.74, 6) is 0.557. The summed E-state index contributed by atoms with van der Waals surface area (Å²) >= 11 is 0. The van der Waals surface area contributed by atoms with E-state index in [2.05, 4.69) is 63.4 Å². The summed E-state index contributed by atoms with van der Waals surface area (Å²) in [7, 11) is 0. The number of likely N-dealkylation sites (tertiary alicyclic amines) is 1. The van der Waals surface area contributed by atoms with E-state index >= 15 is 0 Å². The van der Waals surface area contributed by atoms with E-state index in [1.54, 1.807) is 6.33 Å². The van der Waals surface area contributed by atoms with Gasteiger partial charge in [-0.3, -0.25) is 4.79 Å². The highest BCUT2D eigenvalue weighted by Gasteiger charge is 2.41. The summed E-state index contributed by atoms with van der Waals surface area (Å²) in [5.41, 5.74) is 7.88. The zero-order chi connectivity index (χ0) is 20.1. The van der Waals surface area contributed by atoms with Gasteiger partial charge in [-0.15, -0.1) is 0 Å². The molecular formula is C26H23N3O. The van der Waals surface area contributed by atoms with Crippen LogP contribution in [0, 0.1) is 0 Å². The van der Waals surface area contributed by atoms with Crippen molar-refractivity contribution < 1.29 is 4.79 Å². The summed E-state index contributed by atoms with van der Waals surface area (Å²) in [6, 6.07) is 23.4. The van der Waals surface area contributed by atoms with E-state index in [0.717, 1.165) is 42.4 Å². The maximum Gasteiger partial charge on any atom is 0.254 e. The average molecular weight is 393 g/mol. The number of imidazole rings is 1. The van der Waals surface area contributed by atoms with Crippen LogP contribution in [-0.4, -0.2) is 33.4 Å². The standard InChI is InChI=1S/C26H23N3O/c30-26(20-10-11-23-24(14-20)28-16-27-23)29-12-4-7-21-22-13-18(17-5-2-1-3-6-17)8-9-19(22)15-25(21)29/h1-3,5-6,8-11,13-14,16,21,25H,4,7,12,15H2,(H,27,28)/t21-,25+/m0/s1. The molecule has 0 radical (unpaired) electrons. The third-order valence-electron chi connectivity index (χ3n) is 6.79. The van der Waals surface area contributed by atoms with Crippen molar-refractivity contribution in [2.75, 3.05) is 6.54 Å². The zero-order valence-corrected chi connectivity index (χ0v) is 16.7. The van der Waals surface area contributed by atoms with Crippen LogP contribution < -0.4 is 0 Å². The Morgan fingerprint density at radius 1 is 1.00 bits per heavy atom. The SMILES string of the molecule is O=C(c1ccc2[nH]cnc2c1)N1CCC[C@H]2c3cc(-c4ccccc4)ccc3C[C@H]21. The fraction of sp³-hybridized carbons (Fsp3) is 0.231. The van der Waals surface area contributed by atoms with E-state index in [-0.39, 0.29) is 11.9 Å². The number of hydrogen-bond acceptors (Lipinski definition) is 2. The molecule has 4 aromatic rings. The van der Waals surface area contributed by atoms with Crippen molar-refractivity contribution in [3.05, 3.63) is 89.7 Å². The molecule has 1 aliphatic heterocycles. The fourth-order valence-electron chi connectivity index (χ4n) is 5.32. The van der Waals surface area contributed by atoms with Crippen LogP contribution >= 0.6 is 0 Å². The van der Waals surface area contributed by atoms with Crippen LogP contribution in [0.5, 0.6) is 0 Å². The molecule has 2 aliphatic rings. The molecule has 0 spiro atoms. The van der Waals surface area contributed by atoms with Crippen molar-refractivity contribution in [2.45, 2.75) is 31.2 Å². The minimum absolute atomic E-state index is 0.130. The van der Waals surface area contributed by atoms with Crippen LogP contribution in [0.3, 0.4) is 0 Å². The molecule has 4 nitrogen and oxygen atoms in total. The van der Waals surface area contributed by atoms with Crippen molar-refractivity contribution in [1.29, 1.82) is 0 Å². The molecule has 1 aromatic heterocycles. The third kappa shape index (κ3) is 2.75. The quantitative estimate of drug-likeness (QED) is 0.510. The molecule has 30 heavy (non-hydrogen) atoms. The Balaban J connectivity index is 1.32. The second kappa shape index (κ2) is 6.84. The van der Waals surface area contributed by atoms with Crippen molar-refractivity contribution in [3.8, 4) is 11.1 Å². The Kier molecular flexibility index (Phi) is 3.98. The molecule has 148 valence electrons. The Morgan fingerprint density at radius 2 is 1.90 bits per heavy atom. The van der Waals surface area contributed by atoms with Crippen LogP contribution in [0.25, 0.3) is 22.2 Å². The van der Waals surface area contributed by atoms with Gasteiger partial charge in [-0.2, -0.15) is 0 Å². The first kappa shape index (κ1) is 17.5. The lowest BCUT2D eigenvalue weighted by molar-refractivity contribution is 0.0595. The van der Waals surface area contributed by atoms with E-state index in [1.807, 2.05) is 18.2 Å². The van der Waals surface area contributed by atoms with Gasteiger partial charge in [0, 0.05) is 24.1 Å². The number of piperidine rings is 1. The van der Waals surface area contributed by atoms with Gasteiger partial charge < -0.3 is 9.88 Å². The maximum absolute atomic E-state index is 13.4. The molecule has 1 fully saturated rings. The second-order valence-corrected chi connectivity index (χ2v) is 8.43. The van der Waals surface area contributed by atoms with Gasteiger partial charge in [-0.25, -0.2) is 4.98 Å². The lowest BCUT2D eigenvalue weighted by Crippen LogP contribution is -2.46. The molecule has 1 amide bonds. The van der Waals surface area contributed by atoms with Crippen LogP contribution in [0.15, 0.2) is 73.1 Å². The molecule has 0 unspecified atom stereocenters. The Hall–Kier alpha value is -3.40. The number of nitrogens with zero attached hydrogens (tertiary/aromatic N) is 2. The highest BCUT2D eigenvalue weighted by Crippen LogP contribution is 2.44. The van der Waals surface area contributed by atoms with Crippen molar-refractivity contribution in [1.82, 2.24) is 14.9 Å². The molecule has 2 atom stereocenters. The monoisotopic (exact) mass is 393 g/mol. The lowest BCUT2D eigenvalue weighted by atomic mass is 9.87. The number of rotatable bonds is 2. The van der Waals surface area contributed by atoms with Crippen molar-refractivity contribution in [3.63, 3.8) is 0 Å². The topological polar surface area (TPSA) is 49.0 Å².